The molecule has 2 aliphatic rings. The summed E-state index contributed by atoms with van der Waals surface area (Å²) in [7, 11) is 0. The molecule has 1 N–H and O–H groups in total. The van der Waals surface area contributed by atoms with Crippen molar-refractivity contribution in [3.8, 4) is 0 Å². The van der Waals surface area contributed by atoms with Gasteiger partial charge in [0.25, 0.3) is 0 Å². The number of pyridine rings is 1. The van der Waals surface area contributed by atoms with Crippen molar-refractivity contribution in [1.82, 2.24) is 14.8 Å². The number of hydrogen-bond acceptors (Lipinski definition) is 5. The number of para-hydroxylation sites is 2. The zero-order valence-corrected chi connectivity index (χ0v) is 18.1. The summed E-state index contributed by atoms with van der Waals surface area (Å²) < 4.78 is 0. The van der Waals surface area contributed by atoms with E-state index in [4.69, 9.17) is 0 Å². The Kier molecular flexibility index (Phi) is 6.16. The molecule has 0 aliphatic carbocycles. The number of fused-ring (bicyclic) bond motifs is 1. The van der Waals surface area contributed by atoms with Gasteiger partial charge >= 0.3 is 0 Å². The van der Waals surface area contributed by atoms with Gasteiger partial charge in [-0.05, 0) is 36.2 Å². The zero-order valence-electron chi connectivity index (χ0n) is 18.1. The molecule has 5 rings (SSSR count). The minimum Gasteiger partial charge on any atom is -0.391 e. The first-order valence-electron chi connectivity index (χ1n) is 11.5. The van der Waals surface area contributed by atoms with Crippen molar-refractivity contribution in [3.63, 3.8) is 0 Å². The second-order valence-corrected chi connectivity index (χ2v) is 8.94. The lowest BCUT2D eigenvalue weighted by Gasteiger charge is -2.36. The minimum atomic E-state index is -0.248. The highest BCUT2D eigenvalue weighted by Gasteiger charge is 2.31. The first-order chi connectivity index (χ1) is 15.3. The lowest BCUT2D eigenvalue weighted by atomic mass is 9.94. The average Bonchev–Trinajstić information content (AvgIpc) is 3.18. The number of rotatable bonds is 6. The topological polar surface area (TPSA) is 42.8 Å². The van der Waals surface area contributed by atoms with E-state index < -0.39 is 0 Å². The number of aliphatic hydroxyl groups is 1. The van der Waals surface area contributed by atoms with Gasteiger partial charge in [-0.2, -0.15) is 0 Å². The van der Waals surface area contributed by atoms with Gasteiger partial charge in [-0.25, -0.2) is 0 Å². The van der Waals surface area contributed by atoms with Crippen LogP contribution in [0, 0.1) is 5.92 Å². The number of benzene rings is 2. The van der Waals surface area contributed by atoms with Crippen molar-refractivity contribution < 1.29 is 5.11 Å². The molecule has 1 aromatic heterocycles. The van der Waals surface area contributed by atoms with Crippen molar-refractivity contribution in [2.45, 2.75) is 12.5 Å². The van der Waals surface area contributed by atoms with Gasteiger partial charge in [0.1, 0.15) is 0 Å². The molecule has 5 heteroatoms. The van der Waals surface area contributed by atoms with Gasteiger partial charge in [0.2, 0.25) is 0 Å². The van der Waals surface area contributed by atoms with Crippen molar-refractivity contribution in [2.24, 2.45) is 5.92 Å². The summed E-state index contributed by atoms with van der Waals surface area (Å²) in [5, 5.41) is 11.9. The maximum Gasteiger partial charge on any atom is 0.0710 e. The lowest BCUT2D eigenvalue weighted by Crippen LogP contribution is -2.48. The van der Waals surface area contributed by atoms with Crippen molar-refractivity contribution in [1.29, 1.82) is 0 Å². The molecule has 2 atom stereocenters. The van der Waals surface area contributed by atoms with E-state index in [9.17, 15) is 5.11 Å². The fraction of sp³-hybridized carbons (Fsp3) is 0.423. The maximum atomic E-state index is 10.7. The summed E-state index contributed by atoms with van der Waals surface area (Å²) in [4.78, 5) is 12.0. The van der Waals surface area contributed by atoms with Crippen LogP contribution in [-0.2, 0) is 6.42 Å². The van der Waals surface area contributed by atoms with Gasteiger partial charge < -0.3 is 10.0 Å². The fourth-order valence-electron chi connectivity index (χ4n) is 5.09. The van der Waals surface area contributed by atoms with Gasteiger partial charge in [-0.1, -0.05) is 36.4 Å². The number of anilines is 1. The highest BCUT2D eigenvalue weighted by molar-refractivity contribution is 5.81. The van der Waals surface area contributed by atoms with E-state index in [0.29, 0.717) is 5.92 Å². The SMILES string of the molecule is O[C@H]1CN(CCN2CCN(c3ccccc3)CC2)C[C@H]1Cc1ccnc2ccccc12. The van der Waals surface area contributed by atoms with E-state index in [-0.39, 0.29) is 6.10 Å². The van der Waals surface area contributed by atoms with Gasteiger partial charge in [-0.3, -0.25) is 14.8 Å². The summed E-state index contributed by atoms with van der Waals surface area (Å²) >= 11 is 0. The molecule has 2 saturated heterocycles. The number of nitrogens with zero attached hydrogens (tertiary/aromatic N) is 4. The Balaban J connectivity index is 1.11. The van der Waals surface area contributed by atoms with Crippen LogP contribution < -0.4 is 4.90 Å². The highest BCUT2D eigenvalue weighted by Crippen LogP contribution is 2.25. The normalized spacial score (nSPS) is 22.9. The van der Waals surface area contributed by atoms with E-state index in [1.807, 2.05) is 12.3 Å². The van der Waals surface area contributed by atoms with E-state index in [1.54, 1.807) is 0 Å². The number of aliphatic hydroxyl groups excluding tert-OH is 1. The van der Waals surface area contributed by atoms with Crippen LogP contribution in [-0.4, -0.2) is 78.4 Å². The third-order valence-electron chi connectivity index (χ3n) is 6.93. The second-order valence-electron chi connectivity index (χ2n) is 8.94. The van der Waals surface area contributed by atoms with Gasteiger partial charge in [0.05, 0.1) is 11.6 Å². The van der Waals surface area contributed by atoms with Crippen molar-refractivity contribution in [3.05, 3.63) is 72.4 Å². The smallest absolute Gasteiger partial charge is 0.0710 e. The summed E-state index contributed by atoms with van der Waals surface area (Å²) in [6.45, 7) is 8.28. The van der Waals surface area contributed by atoms with Crippen LogP contribution in [0.4, 0.5) is 5.69 Å². The summed E-state index contributed by atoms with van der Waals surface area (Å²) in [5.74, 6) is 0.292. The predicted molar refractivity (Wildman–Crippen MR) is 126 cm³/mol. The molecule has 2 aromatic carbocycles. The summed E-state index contributed by atoms with van der Waals surface area (Å²) in [5.41, 5.74) is 3.67. The Morgan fingerprint density at radius 2 is 1.55 bits per heavy atom. The molecule has 31 heavy (non-hydrogen) atoms. The largest absolute Gasteiger partial charge is 0.391 e. The quantitative estimate of drug-likeness (QED) is 0.669. The summed E-state index contributed by atoms with van der Waals surface area (Å²) in [6, 6.07) is 21.1. The maximum absolute atomic E-state index is 10.7. The van der Waals surface area contributed by atoms with E-state index in [1.165, 1.54) is 16.6 Å². The minimum absolute atomic E-state index is 0.248. The van der Waals surface area contributed by atoms with Crippen LogP contribution in [0.3, 0.4) is 0 Å². The van der Waals surface area contributed by atoms with Crippen LogP contribution in [0.15, 0.2) is 66.9 Å². The second kappa shape index (κ2) is 9.35. The molecule has 2 aliphatic heterocycles. The molecule has 3 heterocycles. The Labute approximate surface area is 184 Å². The number of likely N-dealkylation sites (tertiary alicyclic amines) is 1. The van der Waals surface area contributed by atoms with E-state index in [0.717, 1.165) is 64.3 Å². The van der Waals surface area contributed by atoms with Crippen LogP contribution in [0.2, 0.25) is 0 Å². The van der Waals surface area contributed by atoms with Crippen LogP contribution in [0.1, 0.15) is 5.56 Å². The molecule has 0 spiro atoms. The molecule has 0 amide bonds. The monoisotopic (exact) mass is 416 g/mol. The van der Waals surface area contributed by atoms with Gasteiger partial charge in [0.15, 0.2) is 0 Å². The molecule has 0 saturated carbocycles. The van der Waals surface area contributed by atoms with Crippen LogP contribution >= 0.6 is 0 Å². The lowest BCUT2D eigenvalue weighted by molar-refractivity contribution is 0.139. The number of β-amino-alcohol motifs (C(OH)–C–C–N with tert-alkyl or cyclic N) is 1. The Hall–Kier alpha value is -2.47. The Morgan fingerprint density at radius 1 is 0.806 bits per heavy atom. The predicted octanol–water partition coefficient (Wildman–Crippen LogP) is 2.89. The molecule has 0 radical (unpaired) electrons. The standard InChI is InChI=1S/C26H32N4O/c31-26-20-29(13-12-28-14-16-30(17-15-28)23-6-2-1-3-7-23)19-22(26)18-21-10-11-27-25-9-5-4-8-24(21)25/h1-11,22,26,31H,12-20H2/t22-,26+/m1/s1. The highest BCUT2D eigenvalue weighted by atomic mass is 16.3. The zero-order chi connectivity index (χ0) is 21.0. The third-order valence-corrected chi connectivity index (χ3v) is 6.93. The first kappa shape index (κ1) is 20.4. The molecule has 0 bridgehead atoms. The van der Waals surface area contributed by atoms with Gasteiger partial charge in [-0.15, -0.1) is 0 Å². The number of aromatic nitrogens is 1. The first-order valence-corrected chi connectivity index (χ1v) is 11.5. The molecule has 0 unspecified atom stereocenters. The van der Waals surface area contributed by atoms with E-state index in [2.05, 4.69) is 74.3 Å². The summed E-state index contributed by atoms with van der Waals surface area (Å²) in [6.07, 6.45) is 2.56. The van der Waals surface area contributed by atoms with Crippen LogP contribution in [0.25, 0.3) is 10.9 Å². The van der Waals surface area contributed by atoms with Crippen LogP contribution in [0.5, 0.6) is 0 Å². The average molecular weight is 417 g/mol. The number of piperazine rings is 1. The van der Waals surface area contributed by atoms with Crippen molar-refractivity contribution >= 4 is 16.6 Å². The van der Waals surface area contributed by atoms with Crippen molar-refractivity contribution in [2.75, 3.05) is 57.3 Å². The molecule has 3 aromatic rings. The molecule has 2 fully saturated rings. The van der Waals surface area contributed by atoms with Gasteiger partial charge in [0, 0.05) is 75.5 Å². The Bertz CT molecular complexity index is 982. The number of hydrogen-bond donors (Lipinski definition) is 1. The fourth-order valence-corrected chi connectivity index (χ4v) is 5.09. The molecule has 162 valence electrons. The van der Waals surface area contributed by atoms with E-state index >= 15 is 0 Å². The third kappa shape index (κ3) is 4.74. The molecular weight excluding hydrogens is 384 g/mol. The molecular formula is C26H32N4O. The Morgan fingerprint density at radius 3 is 2.39 bits per heavy atom. The molecule has 5 nitrogen and oxygen atoms in total.